The van der Waals surface area contributed by atoms with E-state index in [2.05, 4.69) is 10.6 Å². The molecular formula is C26H32ClN5O4S. The second kappa shape index (κ2) is 10.7. The summed E-state index contributed by atoms with van der Waals surface area (Å²) in [6, 6.07) is 10.7. The molecule has 1 aliphatic rings. The zero-order valence-electron chi connectivity index (χ0n) is 21.4. The van der Waals surface area contributed by atoms with E-state index in [-0.39, 0.29) is 30.2 Å². The highest BCUT2D eigenvalue weighted by Gasteiger charge is 2.32. The Bertz CT molecular complexity index is 1430. The molecule has 11 heteroatoms. The number of carbonyl (C=O) groups is 2. The van der Waals surface area contributed by atoms with Crippen LogP contribution in [0.2, 0.25) is 5.02 Å². The monoisotopic (exact) mass is 545 g/mol. The lowest BCUT2D eigenvalue weighted by Gasteiger charge is -2.25. The number of halogens is 1. The first kappa shape index (κ1) is 26.9. The van der Waals surface area contributed by atoms with Crippen LogP contribution in [0.1, 0.15) is 55.1 Å². The molecule has 3 aromatic rings. The fourth-order valence-corrected chi connectivity index (χ4v) is 5.39. The van der Waals surface area contributed by atoms with Crippen molar-refractivity contribution in [2.75, 3.05) is 30.7 Å². The molecule has 0 spiro atoms. The van der Waals surface area contributed by atoms with Crippen LogP contribution in [0.25, 0.3) is 16.6 Å². The summed E-state index contributed by atoms with van der Waals surface area (Å²) in [7, 11) is -2.06. The molecule has 2 amide bonds. The number of hydrogen-bond acceptors (Lipinski definition) is 5. The van der Waals surface area contributed by atoms with Crippen molar-refractivity contribution in [1.29, 1.82) is 0 Å². The molecule has 0 unspecified atom stereocenters. The fourth-order valence-electron chi connectivity index (χ4n) is 4.28. The zero-order valence-corrected chi connectivity index (χ0v) is 23.0. The Labute approximate surface area is 222 Å². The van der Waals surface area contributed by atoms with Crippen molar-refractivity contribution in [3.63, 3.8) is 0 Å². The summed E-state index contributed by atoms with van der Waals surface area (Å²) in [5.74, 6) is -0.297. The second-order valence-corrected chi connectivity index (χ2v) is 12.0. The predicted molar refractivity (Wildman–Crippen MR) is 146 cm³/mol. The van der Waals surface area contributed by atoms with Crippen molar-refractivity contribution in [2.24, 2.45) is 5.92 Å². The highest BCUT2D eigenvalue weighted by molar-refractivity contribution is 7.92. The van der Waals surface area contributed by atoms with Gasteiger partial charge >= 0.3 is 0 Å². The van der Waals surface area contributed by atoms with Crippen molar-refractivity contribution in [2.45, 2.75) is 39.0 Å². The molecule has 198 valence electrons. The van der Waals surface area contributed by atoms with Gasteiger partial charge in [-0.2, -0.15) is 5.10 Å². The van der Waals surface area contributed by atoms with E-state index in [1.165, 1.54) is 10.6 Å². The Morgan fingerprint density at radius 3 is 2.43 bits per heavy atom. The average Bonchev–Trinajstić information content (AvgIpc) is 3.62. The topological polar surface area (TPSA) is 113 Å². The number of aromatic nitrogens is 2. The van der Waals surface area contributed by atoms with Crippen LogP contribution in [0, 0.1) is 5.92 Å². The van der Waals surface area contributed by atoms with Crippen molar-refractivity contribution in [3.8, 4) is 5.69 Å². The van der Waals surface area contributed by atoms with E-state index < -0.39 is 10.0 Å². The maximum absolute atomic E-state index is 13.0. The summed E-state index contributed by atoms with van der Waals surface area (Å²) in [4.78, 5) is 24.9. The number of hydrogen-bond donors (Lipinski definition) is 2. The Morgan fingerprint density at radius 1 is 1.19 bits per heavy atom. The highest BCUT2D eigenvalue weighted by Crippen LogP contribution is 2.46. The maximum Gasteiger partial charge on any atom is 0.270 e. The lowest BCUT2D eigenvalue weighted by molar-refractivity contribution is -0.123. The van der Waals surface area contributed by atoms with Crippen LogP contribution in [0.3, 0.4) is 0 Å². The van der Waals surface area contributed by atoms with Gasteiger partial charge in [-0.15, -0.1) is 0 Å². The van der Waals surface area contributed by atoms with Crippen LogP contribution in [0.5, 0.6) is 0 Å². The van der Waals surface area contributed by atoms with E-state index >= 15 is 0 Å². The molecule has 0 bridgehead atoms. The predicted octanol–water partition coefficient (Wildman–Crippen LogP) is 3.84. The molecular weight excluding hydrogens is 514 g/mol. The molecule has 9 nitrogen and oxygen atoms in total. The standard InChI is InChI=1S/C26H32ClN5O4S/c1-16(2)25(33)29-12-5-13-31(37(4,35)36)23-15-22-21(14-20(23)17-6-7-17)24(26(34)28-3)32(30-22)19-10-8-18(27)9-11-19/h8-11,14-17H,5-7,12-13H2,1-4H3,(H,28,34)(H,29,33). The summed E-state index contributed by atoms with van der Waals surface area (Å²) in [5, 5.41) is 11.4. The molecule has 1 saturated carbocycles. The van der Waals surface area contributed by atoms with Crippen LogP contribution < -0.4 is 14.9 Å². The quantitative estimate of drug-likeness (QED) is 0.376. The summed E-state index contributed by atoms with van der Waals surface area (Å²) >= 11 is 6.06. The van der Waals surface area contributed by atoms with E-state index in [1.54, 1.807) is 42.1 Å². The Hall–Kier alpha value is -3.11. The van der Waals surface area contributed by atoms with Crippen molar-refractivity contribution < 1.29 is 18.0 Å². The Balaban J connectivity index is 1.80. The third kappa shape index (κ3) is 5.91. The number of rotatable bonds is 10. The van der Waals surface area contributed by atoms with Crippen LogP contribution >= 0.6 is 11.6 Å². The SMILES string of the molecule is CNC(=O)c1c2cc(C3CC3)c(N(CCCNC(=O)C(C)C)S(C)(=O)=O)cc2nn1-c1ccc(Cl)cc1. The van der Waals surface area contributed by atoms with E-state index in [9.17, 15) is 18.0 Å². The van der Waals surface area contributed by atoms with E-state index in [0.717, 1.165) is 18.4 Å². The van der Waals surface area contributed by atoms with Crippen molar-refractivity contribution >= 4 is 50.0 Å². The van der Waals surface area contributed by atoms with Gasteiger partial charge in [0.2, 0.25) is 15.9 Å². The van der Waals surface area contributed by atoms with E-state index in [4.69, 9.17) is 16.7 Å². The van der Waals surface area contributed by atoms with E-state index in [0.29, 0.717) is 46.0 Å². The number of carbonyl (C=O) groups excluding carboxylic acids is 2. The van der Waals surface area contributed by atoms with Crippen molar-refractivity contribution in [1.82, 2.24) is 20.4 Å². The van der Waals surface area contributed by atoms with Gasteiger partial charge in [-0.3, -0.25) is 13.9 Å². The van der Waals surface area contributed by atoms with Gasteiger partial charge in [0.25, 0.3) is 5.91 Å². The van der Waals surface area contributed by atoms with Gasteiger partial charge in [-0.25, -0.2) is 13.1 Å². The summed E-state index contributed by atoms with van der Waals surface area (Å²) in [5.41, 5.74) is 2.99. The third-order valence-corrected chi connectivity index (χ3v) is 7.81. The first-order valence-corrected chi connectivity index (χ1v) is 14.5. The normalized spacial score (nSPS) is 13.7. The fraction of sp³-hybridized carbons (Fsp3) is 0.423. The molecule has 2 aromatic carbocycles. The molecule has 0 aliphatic heterocycles. The number of fused-ring (bicyclic) bond motifs is 1. The van der Waals surface area contributed by atoms with Crippen LogP contribution in [-0.4, -0.2) is 56.4 Å². The molecule has 4 rings (SSSR count). The van der Waals surface area contributed by atoms with Gasteiger partial charge < -0.3 is 10.6 Å². The minimum atomic E-state index is -3.62. The van der Waals surface area contributed by atoms with Gasteiger partial charge in [0, 0.05) is 36.5 Å². The van der Waals surface area contributed by atoms with Gasteiger partial charge in [0.05, 0.1) is 23.1 Å². The minimum absolute atomic E-state index is 0.0690. The molecule has 37 heavy (non-hydrogen) atoms. The molecule has 1 aliphatic carbocycles. The average molecular weight is 546 g/mol. The second-order valence-electron chi connectivity index (χ2n) is 9.65. The smallest absolute Gasteiger partial charge is 0.270 e. The third-order valence-electron chi connectivity index (χ3n) is 6.38. The van der Waals surface area contributed by atoms with E-state index in [1.807, 2.05) is 19.9 Å². The largest absolute Gasteiger partial charge is 0.356 e. The molecule has 0 radical (unpaired) electrons. The molecule has 0 atom stereocenters. The van der Waals surface area contributed by atoms with Crippen LogP contribution in [0.4, 0.5) is 5.69 Å². The number of nitrogens with zero attached hydrogens (tertiary/aromatic N) is 3. The highest BCUT2D eigenvalue weighted by atomic mass is 35.5. The van der Waals surface area contributed by atoms with Gasteiger partial charge in [0.15, 0.2) is 0 Å². The maximum atomic E-state index is 13.0. The van der Waals surface area contributed by atoms with Crippen LogP contribution in [0.15, 0.2) is 36.4 Å². The molecule has 1 heterocycles. The zero-order chi connectivity index (χ0) is 26.9. The number of amides is 2. The molecule has 0 saturated heterocycles. The molecule has 1 fully saturated rings. The number of sulfonamides is 1. The summed E-state index contributed by atoms with van der Waals surface area (Å²) < 4.78 is 28.8. The number of anilines is 1. The van der Waals surface area contributed by atoms with Gasteiger partial charge in [-0.05, 0) is 67.1 Å². The first-order valence-electron chi connectivity index (χ1n) is 12.3. The van der Waals surface area contributed by atoms with Gasteiger partial charge in [-0.1, -0.05) is 25.4 Å². The minimum Gasteiger partial charge on any atom is -0.356 e. The van der Waals surface area contributed by atoms with Gasteiger partial charge in [0.1, 0.15) is 5.69 Å². The molecule has 1 aromatic heterocycles. The Kier molecular flexibility index (Phi) is 7.80. The summed E-state index contributed by atoms with van der Waals surface area (Å²) in [6.45, 7) is 4.20. The van der Waals surface area contributed by atoms with Crippen LogP contribution in [-0.2, 0) is 14.8 Å². The summed E-state index contributed by atoms with van der Waals surface area (Å²) in [6.07, 6.45) is 3.53. The van der Waals surface area contributed by atoms with Crippen molar-refractivity contribution in [3.05, 3.63) is 52.7 Å². The number of benzene rings is 2. The lowest BCUT2D eigenvalue weighted by atomic mass is 10.0. The first-order chi connectivity index (χ1) is 17.5. The number of nitrogens with one attached hydrogen (secondary N) is 2. The Morgan fingerprint density at radius 2 is 1.86 bits per heavy atom. The molecule has 2 N–H and O–H groups in total. The lowest BCUT2D eigenvalue weighted by Crippen LogP contribution is -2.35.